The molecule has 0 saturated heterocycles. The first-order chi connectivity index (χ1) is 10.9. The molecule has 0 bridgehead atoms. The molecule has 7 atom stereocenters. The molecule has 0 aromatic carbocycles. The number of hydrogen-bond donors (Lipinski definition) is 0. The maximum atomic E-state index is 11.3. The number of aliphatic imine (C=N–C) groups is 1. The Bertz CT molecular complexity index is 585. The fourth-order valence-corrected chi connectivity index (χ4v) is 7.23. The summed E-state index contributed by atoms with van der Waals surface area (Å²) in [6.45, 7) is 9.67. The van der Waals surface area contributed by atoms with Crippen molar-refractivity contribution in [3.63, 3.8) is 0 Å². The number of rotatable bonds is 1. The average Bonchev–Trinajstić information content (AvgIpc) is 2.47. The lowest BCUT2D eigenvalue weighted by Crippen LogP contribution is -2.60. The Morgan fingerprint density at radius 3 is 2.78 bits per heavy atom. The topological polar surface area (TPSA) is 29.4 Å². The second-order valence-electron chi connectivity index (χ2n) is 9.89. The number of hydrogen-bond acceptors (Lipinski definition) is 2. The molecule has 0 radical (unpaired) electrons. The minimum atomic E-state index is -0.146. The Morgan fingerprint density at radius 2 is 2.04 bits per heavy atom. The van der Waals surface area contributed by atoms with E-state index in [4.69, 9.17) is 0 Å². The van der Waals surface area contributed by atoms with Crippen LogP contribution in [0.5, 0.6) is 0 Å². The van der Waals surface area contributed by atoms with Crippen molar-refractivity contribution >= 4 is 6.08 Å². The van der Waals surface area contributed by atoms with Gasteiger partial charge in [0, 0.05) is 0 Å². The fraction of sp³-hybridized carbons (Fsp3) is 0.857. The SMILES string of the molecule is C[C@H]1C[C@H]2CC(C)(C)CC3=CCC4(N=C=O)[C@@H]([C@@H]1CC[C@@H]4C)[C@@H]32. The molecule has 0 heterocycles. The van der Waals surface area contributed by atoms with Gasteiger partial charge in [-0.15, -0.1) is 0 Å². The molecular weight excluding hydrogens is 282 g/mol. The van der Waals surface area contributed by atoms with E-state index in [9.17, 15) is 4.79 Å². The van der Waals surface area contributed by atoms with Crippen LogP contribution in [0.3, 0.4) is 0 Å². The van der Waals surface area contributed by atoms with Crippen LogP contribution in [0, 0.1) is 40.9 Å². The molecule has 3 saturated carbocycles. The van der Waals surface area contributed by atoms with Crippen LogP contribution in [0.4, 0.5) is 0 Å². The highest BCUT2D eigenvalue weighted by atomic mass is 16.1. The van der Waals surface area contributed by atoms with Gasteiger partial charge in [-0.05, 0) is 79.4 Å². The van der Waals surface area contributed by atoms with E-state index in [0.29, 0.717) is 23.2 Å². The van der Waals surface area contributed by atoms with Crippen LogP contribution in [0.25, 0.3) is 0 Å². The Kier molecular flexibility index (Phi) is 3.44. The molecule has 2 heteroatoms. The van der Waals surface area contributed by atoms with Crippen LogP contribution < -0.4 is 0 Å². The molecule has 0 aromatic heterocycles. The van der Waals surface area contributed by atoms with Gasteiger partial charge in [-0.1, -0.05) is 39.3 Å². The zero-order valence-electron chi connectivity index (χ0n) is 15.1. The predicted octanol–water partition coefficient (Wildman–Crippen LogP) is 5.15. The molecule has 0 N–H and O–H groups in total. The van der Waals surface area contributed by atoms with Gasteiger partial charge in [0.2, 0.25) is 6.08 Å². The Hall–Kier alpha value is -0.880. The number of allylic oxidation sites excluding steroid dienone is 1. The van der Waals surface area contributed by atoms with Crippen molar-refractivity contribution in [1.82, 2.24) is 0 Å². The average molecular weight is 313 g/mol. The van der Waals surface area contributed by atoms with Crippen molar-refractivity contribution in [3.8, 4) is 0 Å². The molecule has 2 nitrogen and oxygen atoms in total. The molecule has 1 unspecified atom stereocenters. The van der Waals surface area contributed by atoms with Crippen LogP contribution in [-0.4, -0.2) is 11.6 Å². The largest absolute Gasteiger partial charge is 0.235 e. The van der Waals surface area contributed by atoms with Crippen LogP contribution in [-0.2, 0) is 4.79 Å². The lowest BCUT2D eigenvalue weighted by atomic mass is 9.43. The van der Waals surface area contributed by atoms with Crippen LogP contribution in [0.2, 0.25) is 0 Å². The van der Waals surface area contributed by atoms with Crippen LogP contribution in [0.15, 0.2) is 16.6 Å². The molecule has 4 rings (SSSR count). The maximum absolute atomic E-state index is 11.3. The molecular formula is C21H31NO. The van der Waals surface area contributed by atoms with Gasteiger partial charge >= 0.3 is 0 Å². The van der Waals surface area contributed by atoms with Gasteiger partial charge in [0.1, 0.15) is 0 Å². The second kappa shape index (κ2) is 5.06. The summed E-state index contributed by atoms with van der Waals surface area (Å²) in [7, 11) is 0. The normalized spacial score (nSPS) is 50.3. The lowest BCUT2D eigenvalue weighted by Gasteiger charge is -2.63. The quantitative estimate of drug-likeness (QED) is 0.374. The Labute approximate surface area is 140 Å². The van der Waals surface area contributed by atoms with E-state index in [1.807, 2.05) is 6.08 Å². The van der Waals surface area contributed by atoms with Crippen molar-refractivity contribution in [1.29, 1.82) is 0 Å². The summed E-state index contributed by atoms with van der Waals surface area (Å²) in [5.74, 6) is 4.14. The highest BCUT2D eigenvalue weighted by Gasteiger charge is 2.61. The van der Waals surface area contributed by atoms with Crippen molar-refractivity contribution in [2.75, 3.05) is 0 Å². The van der Waals surface area contributed by atoms with E-state index in [1.165, 1.54) is 32.1 Å². The number of carbonyl (C=O) groups excluding carboxylic acids is 1. The van der Waals surface area contributed by atoms with E-state index >= 15 is 0 Å². The predicted molar refractivity (Wildman–Crippen MR) is 92.7 cm³/mol. The Morgan fingerprint density at radius 1 is 1.26 bits per heavy atom. The Balaban J connectivity index is 1.85. The van der Waals surface area contributed by atoms with E-state index in [1.54, 1.807) is 5.57 Å². The summed E-state index contributed by atoms with van der Waals surface area (Å²) < 4.78 is 0. The number of isocyanates is 1. The van der Waals surface area contributed by atoms with E-state index in [0.717, 1.165) is 24.2 Å². The highest BCUT2D eigenvalue weighted by Crippen LogP contribution is 2.65. The first kappa shape index (κ1) is 15.6. The van der Waals surface area contributed by atoms with Crippen molar-refractivity contribution in [2.24, 2.45) is 45.9 Å². The fourth-order valence-electron chi connectivity index (χ4n) is 7.23. The smallest absolute Gasteiger partial charge is 0.211 e. The van der Waals surface area contributed by atoms with Gasteiger partial charge in [-0.2, -0.15) is 4.99 Å². The zero-order chi connectivity index (χ0) is 16.4. The third-order valence-corrected chi connectivity index (χ3v) is 8.00. The highest BCUT2D eigenvalue weighted by molar-refractivity contribution is 5.38. The van der Waals surface area contributed by atoms with Crippen molar-refractivity contribution < 1.29 is 4.79 Å². The number of nitrogens with zero attached hydrogens (tertiary/aromatic N) is 1. The van der Waals surface area contributed by atoms with E-state index < -0.39 is 0 Å². The summed E-state index contributed by atoms with van der Waals surface area (Å²) in [6, 6.07) is 0. The van der Waals surface area contributed by atoms with E-state index in [-0.39, 0.29) is 5.54 Å². The van der Waals surface area contributed by atoms with Gasteiger partial charge < -0.3 is 0 Å². The molecule has 0 amide bonds. The lowest BCUT2D eigenvalue weighted by molar-refractivity contribution is -0.0745. The minimum absolute atomic E-state index is 0.146. The first-order valence-electron chi connectivity index (χ1n) is 9.66. The zero-order valence-corrected chi connectivity index (χ0v) is 15.1. The molecule has 3 fully saturated rings. The van der Waals surface area contributed by atoms with Crippen molar-refractivity contribution in [2.45, 2.75) is 71.8 Å². The maximum Gasteiger partial charge on any atom is 0.235 e. The molecule has 0 aliphatic heterocycles. The first-order valence-corrected chi connectivity index (χ1v) is 9.66. The molecule has 4 aliphatic rings. The van der Waals surface area contributed by atoms with Crippen LogP contribution >= 0.6 is 0 Å². The van der Waals surface area contributed by atoms with Gasteiger partial charge in [0.05, 0.1) is 5.54 Å². The van der Waals surface area contributed by atoms with Crippen LogP contribution in [0.1, 0.15) is 66.2 Å². The molecule has 4 aliphatic carbocycles. The van der Waals surface area contributed by atoms with Gasteiger partial charge in [0.15, 0.2) is 0 Å². The van der Waals surface area contributed by atoms with Gasteiger partial charge in [0.25, 0.3) is 0 Å². The van der Waals surface area contributed by atoms with E-state index in [2.05, 4.69) is 38.8 Å². The van der Waals surface area contributed by atoms with Gasteiger partial charge in [-0.25, -0.2) is 4.79 Å². The van der Waals surface area contributed by atoms with Gasteiger partial charge in [-0.3, -0.25) is 0 Å². The van der Waals surface area contributed by atoms with Crippen molar-refractivity contribution in [3.05, 3.63) is 11.6 Å². The monoisotopic (exact) mass is 313 g/mol. The standard InChI is InChI=1S/C21H31NO/c1-13-9-16-11-20(3,4)10-15-7-8-21(22-12-23)14(2)5-6-17(13)19(21)18(15)16/h7,13-14,16-19H,5-6,8-11H2,1-4H3/t13-,14-,16-,17+,18-,19-,21?/m0/s1. The third kappa shape index (κ3) is 2.14. The molecule has 23 heavy (non-hydrogen) atoms. The molecule has 0 spiro atoms. The summed E-state index contributed by atoms with van der Waals surface area (Å²) in [5.41, 5.74) is 2.00. The summed E-state index contributed by atoms with van der Waals surface area (Å²) >= 11 is 0. The molecule has 126 valence electrons. The summed E-state index contributed by atoms with van der Waals surface area (Å²) in [5, 5.41) is 0. The summed E-state index contributed by atoms with van der Waals surface area (Å²) in [4.78, 5) is 15.9. The summed E-state index contributed by atoms with van der Waals surface area (Å²) in [6.07, 6.45) is 12.0. The third-order valence-electron chi connectivity index (χ3n) is 8.00. The minimum Gasteiger partial charge on any atom is -0.211 e. The molecule has 0 aromatic rings. The second-order valence-corrected chi connectivity index (χ2v) is 9.89.